The molecule has 7 nitrogen and oxygen atoms in total. The van der Waals surface area contributed by atoms with Crippen LogP contribution in [0.2, 0.25) is 0 Å². The number of hydrogen-bond acceptors (Lipinski definition) is 6. The summed E-state index contributed by atoms with van der Waals surface area (Å²) in [5.74, 6) is -0.209. The highest BCUT2D eigenvalue weighted by Gasteiger charge is 2.31. The van der Waals surface area contributed by atoms with Crippen molar-refractivity contribution < 1.29 is 17.5 Å². The molecule has 25 heavy (non-hydrogen) atoms. The summed E-state index contributed by atoms with van der Waals surface area (Å²) in [5, 5.41) is 5.50. The van der Waals surface area contributed by atoms with Crippen LogP contribution in [0.25, 0.3) is 0 Å². The highest BCUT2D eigenvalue weighted by molar-refractivity contribution is 7.90. The second kappa shape index (κ2) is 6.17. The number of anilines is 1. The highest BCUT2D eigenvalue weighted by atomic mass is 32.2. The summed E-state index contributed by atoms with van der Waals surface area (Å²) < 4.78 is 46.4. The summed E-state index contributed by atoms with van der Waals surface area (Å²) in [4.78, 5) is 0.0491. The van der Waals surface area contributed by atoms with Crippen molar-refractivity contribution in [1.82, 2.24) is 5.01 Å². The Morgan fingerprint density at radius 3 is 2.76 bits per heavy atom. The number of nitrogens with zero attached hydrogens (tertiary/aromatic N) is 3. The molecule has 2 N–H and O–H groups in total. The molecule has 0 aliphatic carbocycles. The number of nitrogen functional groups attached to an aromatic ring is 1. The number of methoxy groups -OCH3 is 1. The van der Waals surface area contributed by atoms with Crippen molar-refractivity contribution in [3.63, 3.8) is 0 Å². The molecule has 9 heteroatoms. The van der Waals surface area contributed by atoms with Gasteiger partial charge in [0.15, 0.2) is 17.4 Å². The van der Waals surface area contributed by atoms with Crippen LogP contribution in [-0.2, 0) is 10.0 Å². The molecule has 130 valence electrons. The maximum atomic E-state index is 13.4. The van der Waals surface area contributed by atoms with Crippen molar-refractivity contribution in [2.45, 2.75) is 4.90 Å². The molecule has 0 amide bonds. The lowest BCUT2D eigenvalue weighted by Gasteiger charge is -2.12. The Morgan fingerprint density at radius 2 is 2.04 bits per heavy atom. The van der Waals surface area contributed by atoms with Crippen LogP contribution >= 0.6 is 0 Å². The number of halogens is 1. The molecular weight excluding hydrogens is 347 g/mol. The minimum absolute atomic E-state index is 0.0491. The van der Waals surface area contributed by atoms with Gasteiger partial charge in [-0.15, -0.1) is 4.40 Å². The predicted octanol–water partition coefficient (Wildman–Crippen LogP) is 1.83. The molecule has 0 unspecified atom stereocenters. The second-order valence-corrected chi connectivity index (χ2v) is 6.88. The fourth-order valence-corrected chi connectivity index (χ4v) is 3.61. The van der Waals surface area contributed by atoms with Crippen LogP contribution in [0.15, 0.2) is 50.8 Å². The summed E-state index contributed by atoms with van der Waals surface area (Å²) >= 11 is 0. The lowest BCUT2D eigenvalue weighted by atomic mass is 10.2. The molecule has 0 fully saturated rings. The van der Waals surface area contributed by atoms with Gasteiger partial charge in [0.25, 0.3) is 10.0 Å². The van der Waals surface area contributed by atoms with Crippen molar-refractivity contribution >= 4 is 27.8 Å². The minimum atomic E-state index is -3.80. The lowest BCUT2D eigenvalue weighted by Crippen LogP contribution is -2.21. The monoisotopic (exact) mass is 362 g/mol. The van der Waals surface area contributed by atoms with E-state index in [0.717, 1.165) is 0 Å². The molecule has 0 atom stereocenters. The van der Waals surface area contributed by atoms with Gasteiger partial charge < -0.3 is 10.5 Å². The first-order valence-electron chi connectivity index (χ1n) is 7.18. The summed E-state index contributed by atoms with van der Waals surface area (Å²) in [6.45, 7) is 0. The molecule has 0 saturated heterocycles. The van der Waals surface area contributed by atoms with Gasteiger partial charge in [0.2, 0.25) is 0 Å². The Hall–Kier alpha value is -2.94. The molecule has 1 aliphatic rings. The van der Waals surface area contributed by atoms with E-state index in [1.54, 1.807) is 19.2 Å². The molecule has 0 saturated carbocycles. The summed E-state index contributed by atoms with van der Waals surface area (Å²) in [7, 11) is -0.865. The third kappa shape index (κ3) is 3.18. The molecule has 3 rings (SSSR count). The number of benzene rings is 2. The average molecular weight is 362 g/mol. The minimum Gasteiger partial charge on any atom is -0.494 e. The van der Waals surface area contributed by atoms with Crippen LogP contribution in [0.4, 0.5) is 10.1 Å². The molecule has 0 radical (unpaired) electrons. The van der Waals surface area contributed by atoms with Crippen LogP contribution < -0.4 is 10.5 Å². The first-order chi connectivity index (χ1) is 11.8. The number of ether oxygens (including phenoxy) is 1. The topological polar surface area (TPSA) is 97.3 Å². The number of rotatable bonds is 3. The zero-order chi connectivity index (χ0) is 18.2. The second-order valence-electron chi connectivity index (χ2n) is 5.31. The van der Waals surface area contributed by atoms with Crippen LogP contribution in [0, 0.1) is 5.82 Å². The van der Waals surface area contributed by atoms with Crippen molar-refractivity contribution in [3.05, 3.63) is 53.3 Å². The molecule has 0 aromatic heterocycles. The zero-order valence-electron chi connectivity index (χ0n) is 13.5. The first kappa shape index (κ1) is 16.9. The highest BCUT2D eigenvalue weighted by Crippen LogP contribution is 2.29. The average Bonchev–Trinajstić information content (AvgIpc) is 2.85. The Labute approximate surface area is 144 Å². The Morgan fingerprint density at radius 1 is 1.28 bits per heavy atom. The van der Waals surface area contributed by atoms with E-state index in [0.29, 0.717) is 16.8 Å². The number of nitrogens with two attached hydrogens (primary N) is 1. The number of fused-ring (bicyclic) bond motifs is 1. The van der Waals surface area contributed by atoms with Crippen molar-refractivity contribution in [3.8, 4) is 5.75 Å². The van der Waals surface area contributed by atoms with E-state index in [1.807, 2.05) is 0 Å². The first-order valence-corrected chi connectivity index (χ1v) is 8.62. The van der Waals surface area contributed by atoms with Crippen molar-refractivity contribution in [2.75, 3.05) is 19.9 Å². The van der Waals surface area contributed by atoms with Gasteiger partial charge in [0, 0.05) is 18.3 Å². The van der Waals surface area contributed by atoms with Gasteiger partial charge in [0.1, 0.15) is 4.90 Å². The standard InChI is InChI=1S/C16H15FN4O3S/c1-21(19-9-10-3-6-13(17)14(7-10)24-2)16-12-5-4-11(18)8-15(12)25(22,23)20-16/h3-9H,18H2,1-2H3/b19-9+. The van der Waals surface area contributed by atoms with Gasteiger partial charge in [-0.2, -0.15) is 13.5 Å². The van der Waals surface area contributed by atoms with E-state index < -0.39 is 15.8 Å². The van der Waals surface area contributed by atoms with E-state index in [1.165, 1.54) is 42.6 Å². The molecule has 1 aliphatic heterocycles. The Kier molecular flexibility index (Phi) is 4.17. The van der Waals surface area contributed by atoms with Crippen LogP contribution in [0.1, 0.15) is 11.1 Å². The van der Waals surface area contributed by atoms with E-state index in [-0.39, 0.29) is 16.5 Å². The van der Waals surface area contributed by atoms with Gasteiger partial charge in [-0.05, 0) is 35.9 Å². The van der Waals surface area contributed by atoms with Crippen LogP contribution in [0.5, 0.6) is 5.75 Å². The van der Waals surface area contributed by atoms with Crippen molar-refractivity contribution in [1.29, 1.82) is 0 Å². The van der Waals surface area contributed by atoms with Gasteiger partial charge in [0.05, 0.1) is 13.3 Å². The zero-order valence-corrected chi connectivity index (χ0v) is 14.3. The van der Waals surface area contributed by atoms with Gasteiger partial charge >= 0.3 is 0 Å². The largest absolute Gasteiger partial charge is 0.494 e. The number of amidine groups is 1. The molecule has 2 aromatic carbocycles. The summed E-state index contributed by atoms with van der Waals surface area (Å²) in [6.07, 6.45) is 1.45. The van der Waals surface area contributed by atoms with Crippen LogP contribution in [0.3, 0.4) is 0 Å². The molecular formula is C16H15FN4O3S. The normalized spacial score (nSPS) is 15.1. The number of hydrazone groups is 1. The van der Waals surface area contributed by atoms with E-state index >= 15 is 0 Å². The van der Waals surface area contributed by atoms with Gasteiger partial charge in [-0.1, -0.05) is 6.07 Å². The third-order valence-corrected chi connectivity index (χ3v) is 4.90. The number of hydrogen-bond donors (Lipinski definition) is 1. The summed E-state index contributed by atoms with van der Waals surface area (Å²) in [5.41, 5.74) is 6.99. The summed E-state index contributed by atoms with van der Waals surface area (Å²) in [6, 6.07) is 8.81. The lowest BCUT2D eigenvalue weighted by molar-refractivity contribution is 0.386. The molecule has 0 bridgehead atoms. The van der Waals surface area contributed by atoms with Gasteiger partial charge in [-0.3, -0.25) is 0 Å². The number of sulfonamides is 1. The molecule has 0 spiro atoms. The Balaban J connectivity index is 1.91. The third-order valence-electron chi connectivity index (χ3n) is 3.59. The van der Waals surface area contributed by atoms with Crippen LogP contribution in [-0.4, -0.2) is 39.6 Å². The smallest absolute Gasteiger partial charge is 0.285 e. The van der Waals surface area contributed by atoms with E-state index in [4.69, 9.17) is 10.5 Å². The molecule has 2 aromatic rings. The predicted molar refractivity (Wildman–Crippen MR) is 92.9 cm³/mol. The Bertz CT molecular complexity index is 1000. The van der Waals surface area contributed by atoms with E-state index in [9.17, 15) is 12.8 Å². The fourth-order valence-electron chi connectivity index (χ4n) is 2.35. The van der Waals surface area contributed by atoms with E-state index in [2.05, 4.69) is 9.50 Å². The maximum Gasteiger partial charge on any atom is 0.285 e. The fraction of sp³-hybridized carbons (Fsp3) is 0.125. The molecule has 1 heterocycles. The maximum absolute atomic E-state index is 13.4. The van der Waals surface area contributed by atoms with Gasteiger partial charge in [-0.25, -0.2) is 9.40 Å². The van der Waals surface area contributed by atoms with Crippen molar-refractivity contribution in [2.24, 2.45) is 9.50 Å². The quantitative estimate of drug-likeness (QED) is 0.510. The SMILES string of the molecule is COc1cc(/C=N/N(C)C2=NS(=O)(=O)c3cc(N)ccc32)ccc1F.